The highest BCUT2D eigenvalue weighted by Crippen LogP contribution is 2.46. The summed E-state index contributed by atoms with van der Waals surface area (Å²) in [6.45, 7) is 6.67. The highest BCUT2D eigenvalue weighted by Gasteiger charge is 2.42. The maximum atomic E-state index is 13.4. The smallest absolute Gasteiger partial charge is 0.261 e. The van der Waals surface area contributed by atoms with Crippen molar-refractivity contribution in [1.29, 1.82) is 0 Å². The van der Waals surface area contributed by atoms with Crippen LogP contribution in [-0.4, -0.2) is 35.2 Å². The average molecular weight is 487 g/mol. The highest BCUT2D eigenvalue weighted by molar-refractivity contribution is 6.08. The van der Waals surface area contributed by atoms with Gasteiger partial charge in [-0.15, -0.1) is 0 Å². The molecule has 8 heteroatoms. The van der Waals surface area contributed by atoms with Gasteiger partial charge in [-0.3, -0.25) is 9.59 Å². The van der Waals surface area contributed by atoms with Crippen LogP contribution in [0.5, 0.6) is 11.5 Å². The maximum absolute atomic E-state index is 13.4. The van der Waals surface area contributed by atoms with E-state index in [1.165, 1.54) is 0 Å². The first kappa shape index (κ1) is 23.7. The predicted octanol–water partition coefficient (Wildman–Crippen LogP) is 5.20. The van der Waals surface area contributed by atoms with Gasteiger partial charge in [-0.05, 0) is 60.7 Å². The number of ether oxygens (including phenoxy) is 2. The second kappa shape index (κ2) is 9.18. The number of anilines is 2. The van der Waals surface area contributed by atoms with E-state index in [1.54, 1.807) is 30.1 Å². The lowest BCUT2D eigenvalue weighted by molar-refractivity contribution is -0.118. The number of carbonyl (C=O) groups excluding carboxylic acids is 2. The second-order valence-electron chi connectivity index (χ2n) is 9.90. The van der Waals surface area contributed by atoms with Crippen LogP contribution in [0.3, 0.4) is 0 Å². The number of Topliss-reactive ketones (excluding diaryl/α,β-unsaturated/α-hetero) is 1. The lowest BCUT2D eigenvalue weighted by Gasteiger charge is -2.39. The summed E-state index contributed by atoms with van der Waals surface area (Å²) in [6.07, 6.45) is 2.71. The van der Waals surface area contributed by atoms with E-state index in [4.69, 9.17) is 9.47 Å². The number of methoxy groups -OCH3 is 1. The highest BCUT2D eigenvalue weighted by atomic mass is 16.5. The summed E-state index contributed by atoms with van der Waals surface area (Å²) in [5, 5.41) is 10.9. The van der Waals surface area contributed by atoms with Gasteiger partial charge in [0.1, 0.15) is 28.9 Å². The molecule has 36 heavy (non-hydrogen) atoms. The third kappa shape index (κ3) is 4.34. The number of carbonyl (C=O) groups is 2. The molecule has 2 heterocycles. The zero-order chi connectivity index (χ0) is 25.4. The molecular weight excluding hydrogens is 456 g/mol. The summed E-state index contributed by atoms with van der Waals surface area (Å²) < 4.78 is 12.5. The van der Waals surface area contributed by atoms with Gasteiger partial charge >= 0.3 is 0 Å². The van der Waals surface area contributed by atoms with Gasteiger partial charge in [0, 0.05) is 23.4 Å². The second-order valence-corrected chi connectivity index (χ2v) is 9.90. The molecule has 0 spiro atoms. The number of ketones is 1. The number of rotatable bonds is 6. The largest absolute Gasteiger partial charge is 0.497 e. The fourth-order valence-electron chi connectivity index (χ4n) is 4.97. The third-order valence-corrected chi connectivity index (χ3v) is 6.60. The Balaban J connectivity index is 1.52. The quantitative estimate of drug-likeness (QED) is 0.497. The first-order valence-corrected chi connectivity index (χ1v) is 12.1. The molecule has 0 unspecified atom stereocenters. The third-order valence-electron chi connectivity index (χ3n) is 6.60. The van der Waals surface area contributed by atoms with Crippen LogP contribution >= 0.6 is 0 Å². The van der Waals surface area contributed by atoms with Crippen molar-refractivity contribution in [2.75, 3.05) is 24.4 Å². The molecule has 0 saturated carbocycles. The summed E-state index contributed by atoms with van der Waals surface area (Å²) >= 11 is 0. The van der Waals surface area contributed by atoms with Gasteiger partial charge in [-0.2, -0.15) is 5.10 Å². The number of allylic oxidation sites excluding steroid dienone is 2. The van der Waals surface area contributed by atoms with Gasteiger partial charge in [0.2, 0.25) is 0 Å². The lowest BCUT2D eigenvalue weighted by Crippen LogP contribution is -2.37. The molecule has 2 aromatic carbocycles. The van der Waals surface area contributed by atoms with Gasteiger partial charge in [-0.25, -0.2) is 4.68 Å². The molecule has 1 atom stereocenters. The zero-order valence-electron chi connectivity index (χ0n) is 20.9. The number of nitrogens with zero attached hydrogens (tertiary/aromatic N) is 2. The van der Waals surface area contributed by atoms with Crippen molar-refractivity contribution in [3.05, 3.63) is 77.1 Å². The van der Waals surface area contributed by atoms with Crippen LogP contribution in [0.4, 0.5) is 11.5 Å². The average Bonchev–Trinajstić information content (AvgIpc) is 3.27. The van der Waals surface area contributed by atoms with Crippen LogP contribution in [0.1, 0.15) is 55.6 Å². The molecule has 2 N–H and O–H groups in total. The Morgan fingerprint density at radius 2 is 1.81 bits per heavy atom. The van der Waals surface area contributed by atoms with Crippen molar-refractivity contribution in [3.8, 4) is 11.5 Å². The molecule has 1 aliphatic heterocycles. The van der Waals surface area contributed by atoms with E-state index in [2.05, 4.69) is 29.6 Å². The minimum atomic E-state index is -0.433. The van der Waals surface area contributed by atoms with Gasteiger partial charge in [0.15, 0.2) is 5.78 Å². The SMILES string of the molecule is CCOc1ccc(NC(=O)c2cnn3c2NC2=C(C(=O)CC(C)(C)C2)[C@H]3c2ccc(OC)cc2)cc1. The van der Waals surface area contributed by atoms with Gasteiger partial charge < -0.3 is 20.1 Å². The molecular formula is C28H30N4O4. The Kier molecular flexibility index (Phi) is 6.04. The molecule has 0 radical (unpaired) electrons. The number of nitrogens with one attached hydrogen (secondary N) is 2. The van der Waals surface area contributed by atoms with E-state index in [1.807, 2.05) is 43.3 Å². The number of hydrogen-bond donors (Lipinski definition) is 2. The fourth-order valence-corrected chi connectivity index (χ4v) is 4.97. The van der Waals surface area contributed by atoms with Crippen LogP contribution in [0.25, 0.3) is 0 Å². The zero-order valence-corrected chi connectivity index (χ0v) is 20.9. The molecule has 0 saturated heterocycles. The minimum absolute atomic E-state index is 0.0936. The molecule has 2 aliphatic rings. The van der Waals surface area contributed by atoms with Crippen LogP contribution in [0, 0.1) is 5.41 Å². The summed E-state index contributed by atoms with van der Waals surface area (Å²) in [5.74, 6) is 1.85. The molecule has 1 aromatic heterocycles. The summed E-state index contributed by atoms with van der Waals surface area (Å²) in [5.41, 5.74) is 3.33. The van der Waals surface area contributed by atoms with E-state index >= 15 is 0 Å². The van der Waals surface area contributed by atoms with Gasteiger partial charge in [0.05, 0.1) is 19.9 Å². The van der Waals surface area contributed by atoms with Crippen molar-refractivity contribution in [3.63, 3.8) is 0 Å². The maximum Gasteiger partial charge on any atom is 0.261 e. The lowest BCUT2D eigenvalue weighted by atomic mass is 9.73. The molecule has 1 aliphatic carbocycles. The van der Waals surface area contributed by atoms with Crippen LogP contribution in [0.15, 0.2) is 66.0 Å². The van der Waals surface area contributed by atoms with Crippen molar-refractivity contribution < 1.29 is 19.1 Å². The van der Waals surface area contributed by atoms with Crippen molar-refractivity contribution in [1.82, 2.24) is 9.78 Å². The number of aromatic nitrogens is 2. The number of amides is 1. The monoisotopic (exact) mass is 486 g/mol. The molecule has 0 bridgehead atoms. The van der Waals surface area contributed by atoms with Crippen LogP contribution in [-0.2, 0) is 4.79 Å². The van der Waals surface area contributed by atoms with Gasteiger partial charge in [0.25, 0.3) is 5.91 Å². The summed E-state index contributed by atoms with van der Waals surface area (Å²) in [6, 6.07) is 14.4. The van der Waals surface area contributed by atoms with Crippen molar-refractivity contribution in [2.24, 2.45) is 5.41 Å². The molecule has 3 aromatic rings. The van der Waals surface area contributed by atoms with Crippen LogP contribution < -0.4 is 20.1 Å². The van der Waals surface area contributed by atoms with Crippen LogP contribution in [0.2, 0.25) is 0 Å². The first-order chi connectivity index (χ1) is 17.3. The molecule has 8 nitrogen and oxygen atoms in total. The van der Waals surface area contributed by atoms with E-state index in [0.29, 0.717) is 42.1 Å². The minimum Gasteiger partial charge on any atom is -0.497 e. The Morgan fingerprint density at radius 1 is 1.11 bits per heavy atom. The van der Waals surface area contributed by atoms with Gasteiger partial charge in [-0.1, -0.05) is 26.0 Å². The molecule has 0 fully saturated rings. The first-order valence-electron chi connectivity index (χ1n) is 12.1. The number of benzene rings is 2. The van der Waals surface area contributed by atoms with E-state index in [9.17, 15) is 9.59 Å². The Morgan fingerprint density at radius 3 is 2.47 bits per heavy atom. The van der Waals surface area contributed by atoms with E-state index in [0.717, 1.165) is 22.8 Å². The van der Waals surface area contributed by atoms with Crippen molar-refractivity contribution in [2.45, 2.75) is 39.7 Å². The Hall–Kier alpha value is -4.07. The fraction of sp³-hybridized carbons (Fsp3) is 0.321. The van der Waals surface area contributed by atoms with E-state index < -0.39 is 6.04 Å². The standard InChI is InChI=1S/C28H30N4O4/c1-5-36-20-12-8-18(9-13-20)30-27(34)21-16-29-32-25(17-6-10-19(35-4)11-7-17)24-22(31-26(21)32)14-28(2,3)15-23(24)33/h6-13,16,25,31H,5,14-15H2,1-4H3,(H,30,34)/t25-/m1/s1. The summed E-state index contributed by atoms with van der Waals surface area (Å²) in [7, 11) is 1.62. The number of fused-ring (bicyclic) bond motifs is 1. The normalized spacial score (nSPS) is 18.1. The Bertz CT molecular complexity index is 1340. The summed E-state index contributed by atoms with van der Waals surface area (Å²) in [4.78, 5) is 26.7. The van der Waals surface area contributed by atoms with E-state index in [-0.39, 0.29) is 17.1 Å². The predicted molar refractivity (Wildman–Crippen MR) is 138 cm³/mol. The van der Waals surface area contributed by atoms with Crippen molar-refractivity contribution >= 4 is 23.2 Å². The molecule has 1 amide bonds. The number of hydrogen-bond acceptors (Lipinski definition) is 6. The molecule has 5 rings (SSSR count). The Labute approximate surface area is 210 Å². The topological polar surface area (TPSA) is 94.5 Å². The molecule has 186 valence electrons.